The molecule has 1 spiro atoms. The second-order valence-electron chi connectivity index (χ2n) is 7.50. The van der Waals surface area contributed by atoms with Gasteiger partial charge < -0.3 is 19.7 Å². The molecule has 4 rings (SSSR count). The topological polar surface area (TPSA) is 58.9 Å². The van der Waals surface area contributed by atoms with Crippen molar-refractivity contribution in [3.63, 3.8) is 0 Å². The maximum Gasteiger partial charge on any atom is 0.222 e. The van der Waals surface area contributed by atoms with Gasteiger partial charge in [0.15, 0.2) is 0 Å². The maximum absolute atomic E-state index is 10.7. The van der Waals surface area contributed by atoms with E-state index in [1.54, 1.807) is 6.92 Å². The van der Waals surface area contributed by atoms with Gasteiger partial charge in [-0.1, -0.05) is 48.9 Å². The molecule has 2 aliphatic rings. The normalized spacial score (nSPS) is 29.9. The fourth-order valence-corrected chi connectivity index (χ4v) is 4.33. The number of benzene rings is 2. The Labute approximate surface area is 164 Å². The van der Waals surface area contributed by atoms with Crippen LogP contribution in [0.4, 0.5) is 0 Å². The first-order valence-electron chi connectivity index (χ1n) is 9.51. The van der Waals surface area contributed by atoms with Gasteiger partial charge in [0.25, 0.3) is 0 Å². The molecule has 0 aromatic heterocycles. The van der Waals surface area contributed by atoms with E-state index in [2.05, 4.69) is 31.2 Å². The van der Waals surface area contributed by atoms with Crippen molar-refractivity contribution in [2.45, 2.75) is 63.8 Å². The Morgan fingerprint density at radius 2 is 1.81 bits per heavy atom. The smallest absolute Gasteiger partial charge is 0.222 e. The van der Waals surface area contributed by atoms with Crippen LogP contribution in [0, 0.1) is 0 Å². The zero-order chi connectivity index (χ0) is 19.2. The first-order chi connectivity index (χ1) is 12.9. The summed E-state index contributed by atoms with van der Waals surface area (Å²) in [5, 5.41) is 21.4. The number of aliphatic hydroxyl groups excluding tert-OH is 2. The lowest BCUT2D eigenvalue weighted by Gasteiger charge is -2.43. The van der Waals surface area contributed by atoms with E-state index in [9.17, 15) is 10.2 Å². The number of fused-ring (bicyclic) bond motifs is 2. The molecular weight excluding hydrogens is 364 g/mol. The molecule has 2 aromatic rings. The average Bonchev–Trinajstić information content (AvgIpc) is 3.03. The number of rotatable bonds is 3. The largest absolute Gasteiger partial charge is 0.390 e. The van der Waals surface area contributed by atoms with Crippen LogP contribution >= 0.6 is 11.6 Å². The van der Waals surface area contributed by atoms with Gasteiger partial charge in [-0.15, -0.1) is 0 Å². The molecule has 2 aliphatic heterocycles. The van der Waals surface area contributed by atoms with Crippen LogP contribution in [0.1, 0.15) is 48.1 Å². The first kappa shape index (κ1) is 18.9. The molecule has 27 heavy (non-hydrogen) atoms. The highest BCUT2D eigenvalue weighted by Crippen LogP contribution is 2.47. The van der Waals surface area contributed by atoms with E-state index in [-0.39, 0.29) is 6.42 Å². The Hall–Kier alpha value is -1.43. The zero-order valence-electron chi connectivity index (χ0n) is 15.6. The Morgan fingerprint density at radius 3 is 2.52 bits per heavy atom. The van der Waals surface area contributed by atoms with Crippen LogP contribution in [-0.4, -0.2) is 28.5 Å². The molecule has 4 nitrogen and oxygen atoms in total. The van der Waals surface area contributed by atoms with Crippen molar-refractivity contribution in [1.82, 2.24) is 0 Å². The summed E-state index contributed by atoms with van der Waals surface area (Å²) in [6.07, 6.45) is -0.126. The lowest BCUT2D eigenvalue weighted by molar-refractivity contribution is -0.339. The molecule has 1 saturated heterocycles. The van der Waals surface area contributed by atoms with Gasteiger partial charge in [0.05, 0.1) is 18.8 Å². The summed E-state index contributed by atoms with van der Waals surface area (Å²) in [6.45, 7) is 4.27. The molecule has 0 amide bonds. The summed E-state index contributed by atoms with van der Waals surface area (Å²) in [6, 6.07) is 12.3. The van der Waals surface area contributed by atoms with Crippen molar-refractivity contribution in [2.75, 3.05) is 0 Å². The van der Waals surface area contributed by atoms with E-state index in [4.69, 9.17) is 21.1 Å². The van der Waals surface area contributed by atoms with Crippen molar-refractivity contribution in [3.05, 3.63) is 69.2 Å². The van der Waals surface area contributed by atoms with Gasteiger partial charge in [0, 0.05) is 17.0 Å². The molecule has 3 unspecified atom stereocenters. The second kappa shape index (κ2) is 7.19. The third kappa shape index (κ3) is 3.20. The van der Waals surface area contributed by atoms with Gasteiger partial charge in [-0.3, -0.25) is 0 Å². The Bertz CT molecular complexity index is 835. The Morgan fingerprint density at radius 1 is 1.11 bits per heavy atom. The molecule has 2 N–H and O–H groups in total. The van der Waals surface area contributed by atoms with Crippen LogP contribution in [0.5, 0.6) is 0 Å². The Balaban J connectivity index is 1.71. The number of aryl methyl sites for hydroxylation is 1. The van der Waals surface area contributed by atoms with Crippen LogP contribution < -0.4 is 0 Å². The van der Waals surface area contributed by atoms with E-state index < -0.39 is 24.1 Å². The molecule has 144 valence electrons. The third-order valence-electron chi connectivity index (χ3n) is 5.80. The molecule has 2 heterocycles. The van der Waals surface area contributed by atoms with Crippen molar-refractivity contribution in [3.8, 4) is 0 Å². The fraction of sp³-hybridized carbons (Fsp3) is 0.455. The third-order valence-corrected chi connectivity index (χ3v) is 6.15. The van der Waals surface area contributed by atoms with Crippen LogP contribution in [-0.2, 0) is 34.7 Å². The second-order valence-corrected chi connectivity index (χ2v) is 7.90. The van der Waals surface area contributed by atoms with E-state index in [0.717, 1.165) is 23.1 Å². The highest BCUT2D eigenvalue weighted by Gasteiger charge is 2.53. The highest BCUT2D eigenvalue weighted by atomic mass is 35.5. The van der Waals surface area contributed by atoms with E-state index in [1.165, 1.54) is 11.1 Å². The number of ether oxygens (including phenoxy) is 2. The number of hydrogen-bond donors (Lipinski definition) is 2. The lowest BCUT2D eigenvalue weighted by atomic mass is 9.87. The van der Waals surface area contributed by atoms with Crippen molar-refractivity contribution in [2.24, 2.45) is 0 Å². The summed E-state index contributed by atoms with van der Waals surface area (Å²) in [5.41, 5.74) is 5.28. The minimum absolute atomic E-state index is 0.219. The quantitative estimate of drug-likeness (QED) is 0.841. The van der Waals surface area contributed by atoms with Crippen molar-refractivity contribution < 1.29 is 19.7 Å². The average molecular weight is 389 g/mol. The SMILES string of the molecule is CCc1ccc(Cc2c(Cl)ccc3c2COC32O[C@H](C)C(O)CC2O)cc1. The molecule has 0 saturated carbocycles. The minimum Gasteiger partial charge on any atom is -0.390 e. The van der Waals surface area contributed by atoms with E-state index >= 15 is 0 Å². The van der Waals surface area contributed by atoms with Crippen LogP contribution in [0.3, 0.4) is 0 Å². The van der Waals surface area contributed by atoms with Gasteiger partial charge in [0.2, 0.25) is 5.79 Å². The zero-order valence-corrected chi connectivity index (χ0v) is 16.4. The monoisotopic (exact) mass is 388 g/mol. The maximum atomic E-state index is 10.7. The predicted octanol–water partition coefficient (Wildman–Crippen LogP) is 3.71. The first-order valence-corrected chi connectivity index (χ1v) is 9.89. The molecule has 2 aromatic carbocycles. The minimum atomic E-state index is -1.22. The standard InChI is InChI=1S/C22H25ClO4/c1-3-14-4-6-15(7-5-14)10-16-17-12-26-22(18(17)8-9-19(16)23)21(25)11-20(24)13(2)27-22/h4-9,13,20-21,24-25H,3,10-12H2,1-2H3/t13-,20?,21?,22?/m1/s1. The van der Waals surface area contributed by atoms with Crippen LogP contribution in [0.2, 0.25) is 5.02 Å². The summed E-state index contributed by atoms with van der Waals surface area (Å²) in [7, 11) is 0. The summed E-state index contributed by atoms with van der Waals surface area (Å²) in [4.78, 5) is 0. The molecule has 5 heteroatoms. The molecule has 0 bridgehead atoms. The summed E-state index contributed by atoms with van der Waals surface area (Å²) >= 11 is 6.53. The van der Waals surface area contributed by atoms with Crippen molar-refractivity contribution in [1.29, 1.82) is 0 Å². The molecule has 0 radical (unpaired) electrons. The van der Waals surface area contributed by atoms with Gasteiger partial charge in [-0.2, -0.15) is 0 Å². The highest BCUT2D eigenvalue weighted by molar-refractivity contribution is 6.31. The number of hydrogen-bond acceptors (Lipinski definition) is 4. The number of halogens is 1. The molecule has 1 fully saturated rings. The van der Waals surface area contributed by atoms with E-state index in [0.29, 0.717) is 18.1 Å². The fourth-order valence-electron chi connectivity index (χ4n) is 4.08. The number of aliphatic hydroxyl groups is 2. The molecular formula is C22H25ClO4. The summed E-state index contributed by atoms with van der Waals surface area (Å²) in [5.74, 6) is -1.22. The van der Waals surface area contributed by atoms with Crippen LogP contribution in [0.15, 0.2) is 36.4 Å². The molecule has 0 aliphatic carbocycles. The summed E-state index contributed by atoms with van der Waals surface area (Å²) < 4.78 is 12.0. The molecule has 4 atom stereocenters. The predicted molar refractivity (Wildman–Crippen MR) is 104 cm³/mol. The van der Waals surface area contributed by atoms with Gasteiger partial charge >= 0.3 is 0 Å². The van der Waals surface area contributed by atoms with E-state index in [1.807, 2.05) is 12.1 Å². The van der Waals surface area contributed by atoms with Crippen molar-refractivity contribution >= 4 is 11.6 Å². The van der Waals surface area contributed by atoms with Gasteiger partial charge in [-0.05, 0) is 48.1 Å². The lowest BCUT2D eigenvalue weighted by Crippen LogP contribution is -2.53. The van der Waals surface area contributed by atoms with Gasteiger partial charge in [0.1, 0.15) is 6.10 Å². The Kier molecular flexibility index (Phi) is 5.04. The van der Waals surface area contributed by atoms with Gasteiger partial charge in [-0.25, -0.2) is 0 Å². The van der Waals surface area contributed by atoms with Crippen LogP contribution in [0.25, 0.3) is 0 Å².